The maximum Gasteiger partial charge on any atom is 1.00 e. The SMILES string of the molecule is [C-]#[N+]c1cnn(-c2c[c-]cc(C(=O)[O-])c2)c1N=Nc1c(C(C)C)nn(-c2nc([O-])nc(-n3nc(C(C)C)c(N=Nc4c(C#N)cnn4-c4c[c-]cc(C(=O)[O-])c4)c3N)n2)c1N.[K+].[K+].[K+].[K+].[K+]. The van der Waals surface area contributed by atoms with Gasteiger partial charge in [-0.1, -0.05) is 27.7 Å². The number of aromatic carboxylic acids is 2. The van der Waals surface area contributed by atoms with Crippen molar-refractivity contribution >= 4 is 52.3 Å². The van der Waals surface area contributed by atoms with E-state index in [-0.39, 0.29) is 355 Å². The van der Waals surface area contributed by atoms with Gasteiger partial charge in [0.2, 0.25) is 0 Å². The minimum absolute atomic E-state index is 0. The van der Waals surface area contributed by atoms with Crippen LogP contribution in [-0.2, 0) is 0 Å². The van der Waals surface area contributed by atoms with E-state index >= 15 is 0 Å². The summed E-state index contributed by atoms with van der Waals surface area (Å²) in [4.78, 5) is 38.6. The second kappa shape index (κ2) is 27.0. The molecule has 304 valence electrons. The van der Waals surface area contributed by atoms with Gasteiger partial charge in [-0.3, -0.25) is 9.36 Å². The van der Waals surface area contributed by atoms with E-state index in [2.05, 4.69) is 72.8 Å². The molecule has 5 heterocycles. The summed E-state index contributed by atoms with van der Waals surface area (Å²) in [7, 11) is 0. The standard InChI is InChI=1S/C37H29N19O5.5K/c1-17(2)25-27(47-49-31-21(14-38)15-42-53(31)22-10-6-8-19(12-22)33(57)58)29(39)55(51-25)35-44-36(46-37(61)45-35)56-30(40)28(26(52-56)18(3)4)48-50-32-24(41-5)16-43-54(32)23-11-7-9-20(13-23)34(59)60;;;;;/h8-13,15-18H,39-40H2,1-4H3,(H,57,58)(H,59,60)(H,44,45,46,61);;;;;/q-2;5*+1/p-3. The number of carbonyl (C=O) groups is 2. The van der Waals surface area contributed by atoms with Gasteiger partial charge in [-0.15, -0.1) is 43.7 Å². The van der Waals surface area contributed by atoms with Gasteiger partial charge in [-0.2, -0.15) is 76.4 Å². The molecule has 0 unspecified atom stereocenters. The van der Waals surface area contributed by atoms with Crippen molar-refractivity contribution in [2.45, 2.75) is 39.5 Å². The Morgan fingerprint density at radius 1 is 0.712 bits per heavy atom. The first-order valence-corrected chi connectivity index (χ1v) is 17.6. The van der Waals surface area contributed by atoms with Gasteiger partial charge in [-0.05, 0) is 23.2 Å². The minimum atomic E-state index is -1.45. The van der Waals surface area contributed by atoms with Crippen LogP contribution in [0.2, 0.25) is 0 Å². The Bertz CT molecular complexity index is 2860. The van der Waals surface area contributed by atoms with Crippen molar-refractivity contribution in [1.29, 1.82) is 5.26 Å². The number of nitrogen functional groups attached to an aromatic ring is 2. The van der Waals surface area contributed by atoms with Crippen molar-refractivity contribution in [2.24, 2.45) is 20.5 Å². The van der Waals surface area contributed by atoms with Crippen LogP contribution in [0.5, 0.6) is 6.01 Å². The van der Waals surface area contributed by atoms with Crippen LogP contribution in [0, 0.1) is 30.0 Å². The summed E-state index contributed by atoms with van der Waals surface area (Å²) in [6.07, 6.45) is 2.44. The topological polar surface area (TPSA) is 343 Å². The fourth-order valence-electron chi connectivity index (χ4n) is 5.69. The average Bonchev–Trinajstić information content (AvgIpc) is 4.01. The number of hydrogen-bond donors (Lipinski definition) is 2. The number of nitrogens with zero attached hydrogens (tertiary/aromatic N) is 17. The molecule has 0 bridgehead atoms. The monoisotopic (exact) mass is 1010 g/mol. The zero-order valence-electron chi connectivity index (χ0n) is 37.1. The van der Waals surface area contributed by atoms with Gasteiger partial charge < -0.3 is 36.4 Å². The normalized spacial score (nSPS) is 10.7. The molecule has 0 atom stereocenters. The number of carboxylic acid groups (broad SMARTS) is 2. The molecule has 0 saturated heterocycles. The fourth-order valence-corrected chi connectivity index (χ4v) is 5.69. The zero-order valence-corrected chi connectivity index (χ0v) is 52.7. The molecular formula is C37H26K5N19O5. The van der Waals surface area contributed by atoms with Crippen LogP contribution in [0.25, 0.3) is 28.1 Å². The molecule has 2 aromatic carbocycles. The number of azo groups is 2. The molecule has 0 saturated carbocycles. The summed E-state index contributed by atoms with van der Waals surface area (Å²) in [5.74, 6) is -4.71. The van der Waals surface area contributed by atoms with E-state index in [1.54, 1.807) is 27.7 Å². The Balaban J connectivity index is 0.00000299. The molecule has 0 amide bonds. The summed E-state index contributed by atoms with van der Waals surface area (Å²) < 4.78 is 4.47. The van der Waals surface area contributed by atoms with Crippen molar-refractivity contribution in [3.63, 3.8) is 0 Å². The minimum Gasteiger partial charge on any atom is -0.844 e. The van der Waals surface area contributed by atoms with Gasteiger partial charge >= 0.3 is 257 Å². The molecule has 5 aromatic heterocycles. The predicted molar refractivity (Wildman–Crippen MR) is 203 cm³/mol. The van der Waals surface area contributed by atoms with Crippen LogP contribution < -0.4 is 284 Å². The van der Waals surface area contributed by atoms with Gasteiger partial charge in [0.25, 0.3) is 17.6 Å². The number of hydrogen-bond acceptors (Lipinski definition) is 19. The molecule has 4 N–H and O–H groups in total. The number of anilines is 2. The molecule has 29 heteroatoms. The smallest absolute Gasteiger partial charge is 0.844 e. The van der Waals surface area contributed by atoms with Crippen molar-refractivity contribution in [1.82, 2.24) is 54.1 Å². The molecule has 0 aliphatic rings. The van der Waals surface area contributed by atoms with Crippen LogP contribution >= 0.6 is 0 Å². The number of benzene rings is 2. The number of aromatic nitrogens is 11. The Morgan fingerprint density at radius 2 is 1.15 bits per heavy atom. The van der Waals surface area contributed by atoms with Crippen LogP contribution in [0.1, 0.15) is 77.2 Å². The van der Waals surface area contributed by atoms with Gasteiger partial charge in [0, 0.05) is 11.9 Å². The molecule has 66 heavy (non-hydrogen) atoms. The first-order valence-electron chi connectivity index (χ1n) is 17.6. The Hall–Kier alpha value is -1.01. The third-order valence-electron chi connectivity index (χ3n) is 8.61. The van der Waals surface area contributed by atoms with Gasteiger partial charge in [0.05, 0.1) is 36.4 Å². The number of nitrogens with two attached hydrogens (primary N) is 2. The molecule has 7 aromatic rings. The van der Waals surface area contributed by atoms with E-state index in [1.165, 1.54) is 58.2 Å². The Kier molecular flexibility index (Phi) is 25.0. The van der Waals surface area contributed by atoms with E-state index < -0.39 is 17.9 Å². The summed E-state index contributed by atoms with van der Waals surface area (Å²) in [5, 5.41) is 80.3. The van der Waals surface area contributed by atoms with E-state index in [1.807, 2.05) is 6.07 Å². The van der Waals surface area contributed by atoms with Crippen molar-refractivity contribution in [2.75, 3.05) is 11.5 Å². The first kappa shape index (κ1) is 61.1. The largest absolute Gasteiger partial charge is 1.00 e. The summed E-state index contributed by atoms with van der Waals surface area (Å²) in [6.45, 7) is 14.8. The zero-order chi connectivity index (χ0) is 43.7. The molecule has 0 spiro atoms. The molecule has 24 nitrogen and oxygen atoms in total. The predicted octanol–water partition coefficient (Wildman–Crippen LogP) is -12.3. The van der Waals surface area contributed by atoms with Crippen LogP contribution in [0.15, 0.2) is 69.2 Å². The third kappa shape index (κ3) is 13.3. The van der Waals surface area contributed by atoms with Crippen molar-refractivity contribution in [3.8, 4) is 35.4 Å². The van der Waals surface area contributed by atoms with E-state index in [9.17, 15) is 30.2 Å². The van der Waals surface area contributed by atoms with Crippen LogP contribution in [0.3, 0.4) is 0 Å². The number of carboxylic acids is 2. The Labute approximate surface area is 587 Å². The van der Waals surface area contributed by atoms with E-state index in [0.717, 1.165) is 9.36 Å². The van der Waals surface area contributed by atoms with E-state index in [0.29, 0.717) is 5.69 Å². The molecule has 0 aliphatic heterocycles. The van der Waals surface area contributed by atoms with Gasteiger partial charge in [0.15, 0.2) is 34.6 Å². The fraction of sp³-hybridized carbons (Fsp3) is 0.162. The van der Waals surface area contributed by atoms with Crippen molar-refractivity contribution < 1.29 is 282 Å². The van der Waals surface area contributed by atoms with Crippen LogP contribution in [0.4, 0.5) is 40.3 Å². The van der Waals surface area contributed by atoms with Gasteiger partial charge in [0.1, 0.15) is 11.6 Å². The summed E-state index contributed by atoms with van der Waals surface area (Å²) >= 11 is 0. The maximum absolute atomic E-state index is 13.0. The number of nitriles is 1. The molecule has 0 radical (unpaired) electrons. The summed E-state index contributed by atoms with van der Waals surface area (Å²) in [6, 6.07) is 14.1. The molecule has 0 fully saturated rings. The average molecular weight is 1010 g/mol. The Morgan fingerprint density at radius 3 is 1.58 bits per heavy atom. The maximum atomic E-state index is 13.0. The third-order valence-corrected chi connectivity index (χ3v) is 8.61. The first-order chi connectivity index (χ1) is 29.2. The second-order valence-electron chi connectivity index (χ2n) is 13.3. The molecule has 0 aliphatic carbocycles. The molecular weight excluding hydrogens is 986 g/mol. The summed E-state index contributed by atoms with van der Waals surface area (Å²) in [5.41, 5.74) is 13.8. The molecule has 7 rings (SSSR count). The number of carbonyl (C=O) groups excluding carboxylic acids is 2. The van der Waals surface area contributed by atoms with Crippen molar-refractivity contribution in [3.05, 3.63) is 100 Å². The van der Waals surface area contributed by atoms with Crippen LogP contribution in [-0.4, -0.2) is 66.0 Å². The second-order valence-corrected chi connectivity index (χ2v) is 13.3. The van der Waals surface area contributed by atoms with Gasteiger partial charge in [-0.25, -0.2) is 14.8 Å². The quantitative estimate of drug-likeness (QED) is 0.0652. The number of rotatable bonds is 12. The van der Waals surface area contributed by atoms with E-state index in [4.69, 9.17) is 18.0 Å².